The van der Waals surface area contributed by atoms with E-state index in [1.807, 2.05) is 0 Å². The fourth-order valence-corrected chi connectivity index (χ4v) is 3.16. The van der Waals surface area contributed by atoms with Crippen LogP contribution in [0.3, 0.4) is 0 Å². The summed E-state index contributed by atoms with van der Waals surface area (Å²) >= 11 is 11.8. The molecule has 0 heterocycles. The first kappa shape index (κ1) is 16.8. The van der Waals surface area contributed by atoms with Gasteiger partial charge in [-0.1, -0.05) is 41.4 Å². The molecule has 2 aromatic rings. The van der Waals surface area contributed by atoms with Crippen LogP contribution < -0.4 is 0 Å². The molecular weight excluding hydrogens is 347 g/mol. The Morgan fingerprint density at radius 3 is 2.45 bits per heavy atom. The van der Waals surface area contributed by atoms with Crippen molar-refractivity contribution in [3.05, 3.63) is 63.6 Å². The van der Waals surface area contributed by atoms with Crippen LogP contribution in [-0.2, 0) is 21.2 Å². The lowest BCUT2D eigenvalue weighted by Gasteiger charge is -2.09. The van der Waals surface area contributed by atoms with Crippen LogP contribution in [0.25, 0.3) is 0 Å². The Morgan fingerprint density at radius 2 is 1.82 bits per heavy atom. The molecule has 7 heteroatoms. The standard InChI is InChI=1S/C15H12Cl2O4S/c1-22(19,20)14-5-3-2-4-12(14)15(18)21-9-10-6-7-11(16)8-13(10)17/h2-8H,9H2,1H3. The molecular formula is C15H12Cl2O4S. The maximum atomic E-state index is 12.1. The van der Waals surface area contributed by atoms with Crippen LogP contribution in [0.15, 0.2) is 47.4 Å². The number of hydrogen-bond donors (Lipinski definition) is 0. The van der Waals surface area contributed by atoms with E-state index in [2.05, 4.69) is 0 Å². The largest absolute Gasteiger partial charge is 0.457 e. The van der Waals surface area contributed by atoms with Crippen molar-refractivity contribution in [3.63, 3.8) is 0 Å². The van der Waals surface area contributed by atoms with Gasteiger partial charge in [0.2, 0.25) is 0 Å². The molecule has 0 aromatic heterocycles. The number of carbonyl (C=O) groups is 1. The molecule has 0 aliphatic rings. The lowest BCUT2D eigenvalue weighted by Crippen LogP contribution is -2.11. The molecule has 22 heavy (non-hydrogen) atoms. The smallest absolute Gasteiger partial charge is 0.339 e. The monoisotopic (exact) mass is 358 g/mol. The van der Waals surface area contributed by atoms with Crippen LogP contribution in [0.4, 0.5) is 0 Å². The number of esters is 1. The van der Waals surface area contributed by atoms with E-state index in [4.69, 9.17) is 27.9 Å². The van der Waals surface area contributed by atoms with E-state index in [1.54, 1.807) is 24.3 Å². The van der Waals surface area contributed by atoms with Crippen LogP contribution in [0.5, 0.6) is 0 Å². The van der Waals surface area contributed by atoms with Gasteiger partial charge in [-0.25, -0.2) is 13.2 Å². The minimum absolute atomic E-state index is 0.00455. The SMILES string of the molecule is CS(=O)(=O)c1ccccc1C(=O)OCc1ccc(Cl)cc1Cl. The van der Waals surface area contributed by atoms with Crippen molar-refractivity contribution < 1.29 is 17.9 Å². The van der Waals surface area contributed by atoms with Crippen molar-refractivity contribution in [2.24, 2.45) is 0 Å². The Labute approximate surface area is 138 Å². The molecule has 0 spiro atoms. The van der Waals surface area contributed by atoms with Crippen LogP contribution in [0, 0.1) is 0 Å². The molecule has 0 aliphatic heterocycles. The van der Waals surface area contributed by atoms with E-state index in [9.17, 15) is 13.2 Å². The number of rotatable bonds is 4. The highest BCUT2D eigenvalue weighted by atomic mass is 35.5. The zero-order chi connectivity index (χ0) is 16.3. The lowest BCUT2D eigenvalue weighted by atomic mass is 10.2. The van der Waals surface area contributed by atoms with Crippen LogP contribution >= 0.6 is 23.2 Å². The van der Waals surface area contributed by atoms with Gasteiger partial charge < -0.3 is 4.74 Å². The van der Waals surface area contributed by atoms with Crippen LogP contribution in [-0.4, -0.2) is 20.6 Å². The van der Waals surface area contributed by atoms with Gasteiger partial charge in [0.25, 0.3) is 0 Å². The van der Waals surface area contributed by atoms with Crippen LogP contribution in [0.1, 0.15) is 15.9 Å². The summed E-state index contributed by atoms with van der Waals surface area (Å²) in [7, 11) is -3.52. The van der Waals surface area contributed by atoms with E-state index in [-0.39, 0.29) is 17.1 Å². The maximum absolute atomic E-state index is 12.1. The van der Waals surface area contributed by atoms with Gasteiger partial charge >= 0.3 is 5.97 Å². The van der Waals surface area contributed by atoms with Gasteiger partial charge in [-0.05, 0) is 24.3 Å². The predicted molar refractivity (Wildman–Crippen MR) is 85.1 cm³/mol. The quantitative estimate of drug-likeness (QED) is 0.780. The third kappa shape index (κ3) is 4.00. The third-order valence-corrected chi connectivity index (χ3v) is 4.62. The number of ether oxygens (including phenoxy) is 1. The Hall–Kier alpha value is -1.56. The molecule has 2 aromatic carbocycles. The van der Waals surface area contributed by atoms with Crippen molar-refractivity contribution in [1.82, 2.24) is 0 Å². The molecule has 116 valence electrons. The summed E-state index contributed by atoms with van der Waals surface area (Å²) in [5.74, 6) is -0.730. The first-order chi connectivity index (χ1) is 10.3. The summed E-state index contributed by atoms with van der Waals surface area (Å²) in [4.78, 5) is 12.0. The molecule has 0 N–H and O–H groups in total. The van der Waals surface area contributed by atoms with E-state index in [1.165, 1.54) is 18.2 Å². The summed E-state index contributed by atoms with van der Waals surface area (Å²) in [6.07, 6.45) is 1.04. The van der Waals surface area contributed by atoms with Gasteiger partial charge in [-0.2, -0.15) is 0 Å². The van der Waals surface area contributed by atoms with Crippen LogP contribution in [0.2, 0.25) is 10.0 Å². The highest BCUT2D eigenvalue weighted by Gasteiger charge is 2.19. The molecule has 0 aliphatic carbocycles. The van der Waals surface area contributed by atoms with Crippen molar-refractivity contribution in [2.75, 3.05) is 6.26 Å². The summed E-state index contributed by atoms with van der Waals surface area (Å²) in [6.45, 7) is -0.0765. The summed E-state index contributed by atoms with van der Waals surface area (Å²) in [5, 5.41) is 0.846. The van der Waals surface area contributed by atoms with Crippen molar-refractivity contribution in [1.29, 1.82) is 0 Å². The Morgan fingerprint density at radius 1 is 1.14 bits per heavy atom. The van der Waals surface area contributed by atoms with Gasteiger partial charge in [0.15, 0.2) is 9.84 Å². The maximum Gasteiger partial charge on any atom is 0.339 e. The van der Waals surface area contributed by atoms with E-state index in [0.29, 0.717) is 15.6 Å². The fourth-order valence-electron chi connectivity index (χ4n) is 1.82. The van der Waals surface area contributed by atoms with Crippen molar-refractivity contribution >= 4 is 39.0 Å². The molecule has 4 nitrogen and oxygen atoms in total. The van der Waals surface area contributed by atoms with E-state index < -0.39 is 15.8 Å². The minimum atomic E-state index is -3.52. The van der Waals surface area contributed by atoms with Gasteiger partial charge in [0, 0.05) is 21.9 Å². The number of hydrogen-bond acceptors (Lipinski definition) is 4. The molecule has 0 radical (unpaired) electrons. The first-order valence-corrected chi connectivity index (χ1v) is 8.84. The summed E-state index contributed by atoms with van der Waals surface area (Å²) in [6, 6.07) is 10.7. The zero-order valence-electron chi connectivity index (χ0n) is 11.5. The Bertz CT molecular complexity index is 816. The minimum Gasteiger partial charge on any atom is -0.457 e. The third-order valence-electron chi connectivity index (χ3n) is 2.88. The summed E-state index contributed by atoms with van der Waals surface area (Å²) < 4.78 is 28.5. The van der Waals surface area contributed by atoms with E-state index >= 15 is 0 Å². The Kier molecular flexibility index (Phi) is 5.11. The van der Waals surface area contributed by atoms with Crippen molar-refractivity contribution in [2.45, 2.75) is 11.5 Å². The second-order valence-corrected chi connectivity index (χ2v) is 7.41. The molecule has 0 atom stereocenters. The molecule has 0 saturated carbocycles. The van der Waals surface area contributed by atoms with E-state index in [0.717, 1.165) is 6.26 Å². The Balaban J connectivity index is 2.20. The van der Waals surface area contributed by atoms with Gasteiger partial charge in [0.05, 0.1) is 10.5 Å². The van der Waals surface area contributed by atoms with Gasteiger partial charge in [0.1, 0.15) is 6.61 Å². The molecule has 0 unspecified atom stereocenters. The second kappa shape index (κ2) is 6.69. The topological polar surface area (TPSA) is 60.4 Å². The number of benzene rings is 2. The van der Waals surface area contributed by atoms with Gasteiger partial charge in [-0.15, -0.1) is 0 Å². The number of carbonyl (C=O) groups excluding carboxylic acids is 1. The first-order valence-electron chi connectivity index (χ1n) is 6.19. The molecule has 0 saturated heterocycles. The average molecular weight is 359 g/mol. The second-order valence-electron chi connectivity index (χ2n) is 4.58. The summed E-state index contributed by atoms with van der Waals surface area (Å²) in [5.41, 5.74) is 0.575. The molecule has 0 bridgehead atoms. The number of sulfone groups is 1. The molecule has 0 fully saturated rings. The highest BCUT2D eigenvalue weighted by Crippen LogP contribution is 2.22. The lowest BCUT2D eigenvalue weighted by molar-refractivity contribution is 0.0468. The fraction of sp³-hybridized carbons (Fsp3) is 0.133. The molecule has 2 rings (SSSR count). The van der Waals surface area contributed by atoms with Gasteiger partial charge in [-0.3, -0.25) is 0 Å². The predicted octanol–water partition coefficient (Wildman–Crippen LogP) is 3.75. The van der Waals surface area contributed by atoms with Crippen molar-refractivity contribution in [3.8, 4) is 0 Å². The molecule has 0 amide bonds. The zero-order valence-corrected chi connectivity index (χ0v) is 13.9. The highest BCUT2D eigenvalue weighted by molar-refractivity contribution is 7.90. The average Bonchev–Trinajstić information content (AvgIpc) is 2.45. The normalized spacial score (nSPS) is 11.2. The number of halogens is 2.